The Morgan fingerprint density at radius 3 is 2.06 bits per heavy atom. The largest absolute Gasteiger partial charge is 0.479 e. The highest BCUT2D eigenvalue weighted by Crippen LogP contribution is 2.50. The highest BCUT2D eigenvalue weighted by Gasteiger charge is 2.64. The molecule has 0 spiro atoms. The van der Waals surface area contributed by atoms with Crippen molar-refractivity contribution in [2.75, 3.05) is 0 Å². The number of imide groups is 1. The van der Waals surface area contributed by atoms with E-state index in [1.54, 1.807) is 13.8 Å². The van der Waals surface area contributed by atoms with Gasteiger partial charge in [-0.25, -0.2) is 4.79 Å². The Morgan fingerprint density at radius 2 is 1.75 bits per heavy atom. The number of likely N-dealkylation sites (tertiary alicyclic amines) is 1. The lowest BCUT2D eigenvalue weighted by Gasteiger charge is -2.36. The van der Waals surface area contributed by atoms with E-state index in [4.69, 9.17) is 0 Å². The highest BCUT2D eigenvalue weighted by atomic mass is 16.4. The van der Waals surface area contributed by atoms with Crippen LogP contribution >= 0.6 is 0 Å². The number of hydrogen-bond donors (Lipinski definition) is 1. The number of nitrogens with zero attached hydrogens (tertiary/aromatic N) is 1. The normalized spacial score (nSPS) is 28.2. The van der Waals surface area contributed by atoms with Crippen molar-refractivity contribution in [1.29, 1.82) is 0 Å². The average Bonchev–Trinajstić information content (AvgIpc) is 2.99. The molecule has 0 aromatic heterocycles. The Kier molecular flexibility index (Phi) is 2.29. The van der Waals surface area contributed by atoms with Crippen molar-refractivity contribution in [1.82, 2.24) is 4.90 Å². The number of carbonyl (C=O) groups is 3. The zero-order chi connectivity index (χ0) is 12.1. The van der Waals surface area contributed by atoms with Crippen LogP contribution < -0.4 is 0 Å². The number of piperidine rings is 1. The van der Waals surface area contributed by atoms with Crippen molar-refractivity contribution in [3.63, 3.8) is 0 Å². The van der Waals surface area contributed by atoms with Gasteiger partial charge in [0, 0.05) is 0 Å². The molecule has 5 nitrogen and oxygen atoms in total. The van der Waals surface area contributed by atoms with E-state index in [-0.39, 0.29) is 36.5 Å². The van der Waals surface area contributed by atoms with Gasteiger partial charge in [-0.1, -0.05) is 13.8 Å². The van der Waals surface area contributed by atoms with Crippen LogP contribution in [0.2, 0.25) is 0 Å². The van der Waals surface area contributed by atoms with Gasteiger partial charge in [-0.15, -0.1) is 0 Å². The summed E-state index contributed by atoms with van der Waals surface area (Å²) in [5.74, 6) is -2.13. The fourth-order valence-electron chi connectivity index (χ4n) is 2.57. The van der Waals surface area contributed by atoms with Crippen molar-refractivity contribution in [2.24, 2.45) is 11.8 Å². The second-order valence-corrected chi connectivity index (χ2v) is 4.50. The Bertz CT molecular complexity index is 352. The minimum absolute atomic E-state index is 0.232. The number of carboxylic acid groups (broad SMARTS) is 1. The van der Waals surface area contributed by atoms with Crippen LogP contribution in [-0.2, 0) is 14.4 Å². The van der Waals surface area contributed by atoms with Gasteiger partial charge in [-0.05, 0) is 19.3 Å². The number of aliphatic carboxylic acids is 1. The smallest absolute Gasteiger partial charge is 0.330 e. The van der Waals surface area contributed by atoms with E-state index in [0.717, 1.165) is 4.90 Å². The molecule has 1 N–H and O–H groups in total. The maximum absolute atomic E-state index is 11.9. The number of amides is 2. The van der Waals surface area contributed by atoms with E-state index in [0.29, 0.717) is 6.42 Å². The molecule has 5 heteroatoms. The van der Waals surface area contributed by atoms with Crippen LogP contribution in [-0.4, -0.2) is 33.3 Å². The minimum atomic E-state index is -1.33. The van der Waals surface area contributed by atoms with Crippen LogP contribution in [0.4, 0.5) is 0 Å². The zero-order valence-corrected chi connectivity index (χ0v) is 9.40. The van der Waals surface area contributed by atoms with Crippen LogP contribution in [0.15, 0.2) is 0 Å². The van der Waals surface area contributed by atoms with E-state index >= 15 is 0 Å². The predicted octanol–water partition coefficient (Wildman–Crippen LogP) is 0.635. The van der Waals surface area contributed by atoms with Crippen LogP contribution in [0.1, 0.15) is 33.1 Å². The average molecular weight is 225 g/mol. The first kappa shape index (κ1) is 11.1. The van der Waals surface area contributed by atoms with Crippen molar-refractivity contribution in [2.45, 2.75) is 38.6 Å². The molecule has 1 aliphatic carbocycles. The molecule has 0 aromatic rings. The number of carbonyl (C=O) groups excluding carboxylic acids is 2. The summed E-state index contributed by atoms with van der Waals surface area (Å²) in [5.41, 5.74) is -1.33. The molecule has 1 saturated carbocycles. The van der Waals surface area contributed by atoms with E-state index in [1.165, 1.54) is 0 Å². The topological polar surface area (TPSA) is 74.7 Å². The van der Waals surface area contributed by atoms with Gasteiger partial charge in [0.15, 0.2) is 0 Å². The second kappa shape index (κ2) is 3.30. The van der Waals surface area contributed by atoms with E-state index < -0.39 is 11.5 Å². The van der Waals surface area contributed by atoms with Crippen molar-refractivity contribution in [3.8, 4) is 0 Å². The van der Waals surface area contributed by atoms with Crippen LogP contribution in [0.3, 0.4) is 0 Å². The molecule has 0 aromatic carbocycles. The molecule has 1 aliphatic heterocycles. The molecule has 16 heavy (non-hydrogen) atoms. The molecule has 2 rings (SSSR count). The number of carboxylic acids is 1. The highest BCUT2D eigenvalue weighted by molar-refractivity contribution is 6.12. The third-order valence-corrected chi connectivity index (χ3v) is 3.86. The van der Waals surface area contributed by atoms with Gasteiger partial charge in [-0.3, -0.25) is 14.5 Å². The predicted molar refractivity (Wildman–Crippen MR) is 54.4 cm³/mol. The molecule has 2 aliphatic rings. The lowest BCUT2D eigenvalue weighted by Crippen LogP contribution is -2.57. The molecule has 88 valence electrons. The monoisotopic (exact) mass is 225 g/mol. The molecule has 0 radical (unpaired) electrons. The summed E-state index contributed by atoms with van der Waals surface area (Å²) in [4.78, 5) is 36.1. The number of fused-ring (bicyclic) bond motifs is 1. The molecule has 2 fully saturated rings. The molecular weight excluding hydrogens is 210 g/mol. The lowest BCUT2D eigenvalue weighted by atomic mass is 9.90. The standard InChI is InChI=1S/C11H15NO4/c1-3-11(4-2,10(15)16)12-8(13)6-5-7(6)9(12)14/h6-7H,3-5H2,1-2H3,(H,15,16). The Hall–Kier alpha value is -1.39. The first-order valence-corrected chi connectivity index (χ1v) is 5.61. The second-order valence-electron chi connectivity index (χ2n) is 4.50. The van der Waals surface area contributed by atoms with Gasteiger partial charge < -0.3 is 5.11 Å². The van der Waals surface area contributed by atoms with Gasteiger partial charge in [0.25, 0.3) is 0 Å². The fourth-order valence-corrected chi connectivity index (χ4v) is 2.57. The molecule has 1 saturated heterocycles. The maximum Gasteiger partial charge on any atom is 0.330 e. The van der Waals surface area contributed by atoms with Crippen LogP contribution in [0.5, 0.6) is 0 Å². The van der Waals surface area contributed by atoms with Gasteiger partial charge >= 0.3 is 5.97 Å². The van der Waals surface area contributed by atoms with Gasteiger partial charge in [-0.2, -0.15) is 0 Å². The Morgan fingerprint density at radius 1 is 1.31 bits per heavy atom. The van der Waals surface area contributed by atoms with Gasteiger partial charge in [0.2, 0.25) is 11.8 Å². The number of rotatable bonds is 4. The van der Waals surface area contributed by atoms with E-state index in [1.807, 2.05) is 0 Å². The fraction of sp³-hybridized carbons (Fsp3) is 0.727. The summed E-state index contributed by atoms with van der Waals surface area (Å²) in [6, 6.07) is 0. The van der Waals surface area contributed by atoms with Crippen molar-refractivity contribution >= 4 is 17.8 Å². The quantitative estimate of drug-likeness (QED) is 0.712. The summed E-state index contributed by atoms with van der Waals surface area (Å²) >= 11 is 0. The first-order chi connectivity index (χ1) is 7.49. The summed E-state index contributed by atoms with van der Waals surface area (Å²) in [5, 5.41) is 9.27. The molecule has 2 amide bonds. The number of hydrogen-bond acceptors (Lipinski definition) is 3. The molecule has 2 atom stereocenters. The molecule has 0 bridgehead atoms. The van der Waals surface area contributed by atoms with Gasteiger partial charge in [0.05, 0.1) is 11.8 Å². The lowest BCUT2D eigenvalue weighted by molar-refractivity contribution is -0.165. The zero-order valence-electron chi connectivity index (χ0n) is 9.40. The summed E-state index contributed by atoms with van der Waals surface area (Å²) in [7, 11) is 0. The van der Waals surface area contributed by atoms with E-state index in [9.17, 15) is 19.5 Å². The molecule has 1 heterocycles. The first-order valence-electron chi connectivity index (χ1n) is 5.61. The van der Waals surface area contributed by atoms with Crippen molar-refractivity contribution in [3.05, 3.63) is 0 Å². The van der Waals surface area contributed by atoms with E-state index in [2.05, 4.69) is 0 Å². The summed E-state index contributed by atoms with van der Waals surface area (Å²) in [6.07, 6.45) is 1.13. The minimum Gasteiger partial charge on any atom is -0.479 e. The van der Waals surface area contributed by atoms with Crippen molar-refractivity contribution < 1.29 is 19.5 Å². The van der Waals surface area contributed by atoms with Gasteiger partial charge in [0.1, 0.15) is 5.54 Å². The Balaban J connectivity index is 2.38. The molecule has 2 unspecified atom stereocenters. The summed E-state index contributed by atoms with van der Waals surface area (Å²) in [6.45, 7) is 3.39. The SMILES string of the molecule is CCC(CC)(C(=O)O)N1C(=O)C2CC2C1=O. The molecular formula is C11H15NO4. The summed E-state index contributed by atoms with van der Waals surface area (Å²) < 4.78 is 0. The van der Waals surface area contributed by atoms with Crippen LogP contribution in [0.25, 0.3) is 0 Å². The third kappa shape index (κ3) is 1.14. The van der Waals surface area contributed by atoms with Crippen LogP contribution in [0, 0.1) is 11.8 Å². The third-order valence-electron chi connectivity index (χ3n) is 3.86. The maximum atomic E-state index is 11.9. The Labute approximate surface area is 93.4 Å².